The van der Waals surface area contributed by atoms with Gasteiger partial charge in [0.2, 0.25) is 0 Å². The van der Waals surface area contributed by atoms with Crippen LogP contribution in [-0.4, -0.2) is 32.9 Å². The average molecular weight is 441 g/mol. The first-order valence-corrected chi connectivity index (χ1v) is 10.5. The Morgan fingerprint density at radius 2 is 2.10 bits per heavy atom. The largest absolute Gasteiger partial charge is 0.449 e. The van der Waals surface area contributed by atoms with E-state index in [-0.39, 0.29) is 0 Å². The van der Waals surface area contributed by atoms with Crippen LogP contribution in [0.25, 0.3) is 22.3 Å². The van der Waals surface area contributed by atoms with Crippen molar-refractivity contribution in [2.45, 2.75) is 19.4 Å². The summed E-state index contributed by atoms with van der Waals surface area (Å²) in [4.78, 5) is 36.6. The van der Waals surface area contributed by atoms with E-state index in [4.69, 9.17) is 16.3 Å². The monoisotopic (exact) mass is 440 g/mol. The lowest BCUT2D eigenvalue weighted by Gasteiger charge is -2.15. The molecule has 0 aliphatic rings. The lowest BCUT2D eigenvalue weighted by molar-refractivity contribution is -0.124. The van der Waals surface area contributed by atoms with Gasteiger partial charge >= 0.3 is 5.97 Å². The summed E-state index contributed by atoms with van der Waals surface area (Å²) < 4.78 is 5.43. The number of hydrogen-bond donors (Lipinski definition) is 2. The predicted octanol–water partition coefficient (Wildman–Crippen LogP) is 4.91. The summed E-state index contributed by atoms with van der Waals surface area (Å²) in [7, 11) is 0. The molecule has 0 fully saturated rings. The number of H-pyrrole nitrogens is 1. The van der Waals surface area contributed by atoms with Crippen LogP contribution in [0.3, 0.4) is 0 Å². The molecule has 1 amide bonds. The van der Waals surface area contributed by atoms with Crippen LogP contribution in [0.15, 0.2) is 54.2 Å². The number of aromatic nitrogens is 3. The normalized spacial score (nSPS) is 11.9. The van der Waals surface area contributed by atoms with Crippen LogP contribution >= 0.6 is 22.9 Å². The molecule has 30 heavy (non-hydrogen) atoms. The molecule has 0 saturated carbocycles. The standard InChI is InChI=1S/C21H17ClN4O3S/c1-2-18(29-20(28)12-7-8-15-16(9-12)24-11-23-15)19(27)26-21-25-17(10-30-21)13-5-3-4-6-14(13)22/h3-11,18H,2H2,1H3,(H,23,24)(H,25,26,27). The van der Waals surface area contributed by atoms with Gasteiger partial charge in [-0.15, -0.1) is 11.3 Å². The summed E-state index contributed by atoms with van der Waals surface area (Å²) in [6, 6.07) is 12.3. The van der Waals surface area contributed by atoms with Gasteiger partial charge in [0.1, 0.15) is 0 Å². The molecule has 2 aromatic heterocycles. The lowest BCUT2D eigenvalue weighted by Crippen LogP contribution is -2.32. The van der Waals surface area contributed by atoms with E-state index in [1.165, 1.54) is 11.3 Å². The summed E-state index contributed by atoms with van der Waals surface area (Å²) in [6.45, 7) is 1.77. The molecule has 2 N–H and O–H groups in total. The number of amides is 1. The number of fused-ring (bicyclic) bond motifs is 1. The fraction of sp³-hybridized carbons (Fsp3) is 0.143. The van der Waals surface area contributed by atoms with E-state index in [9.17, 15) is 9.59 Å². The van der Waals surface area contributed by atoms with Gasteiger partial charge in [0.05, 0.1) is 28.6 Å². The number of benzene rings is 2. The molecule has 7 nitrogen and oxygen atoms in total. The molecule has 4 rings (SSSR count). The lowest BCUT2D eigenvalue weighted by atomic mass is 10.2. The first-order chi connectivity index (χ1) is 14.5. The number of halogens is 1. The van der Waals surface area contributed by atoms with Gasteiger partial charge in [-0.2, -0.15) is 0 Å². The third-order valence-electron chi connectivity index (χ3n) is 4.45. The summed E-state index contributed by atoms with van der Waals surface area (Å²) in [5, 5.41) is 5.51. The number of carbonyl (C=O) groups is 2. The molecule has 0 radical (unpaired) electrons. The molecule has 0 aliphatic carbocycles. The van der Waals surface area contributed by atoms with Crippen molar-refractivity contribution in [1.82, 2.24) is 15.0 Å². The molecular formula is C21H17ClN4O3S. The minimum absolute atomic E-state index is 0.326. The molecule has 2 aromatic carbocycles. The van der Waals surface area contributed by atoms with Gasteiger partial charge in [-0.1, -0.05) is 36.7 Å². The summed E-state index contributed by atoms with van der Waals surface area (Å²) in [5.41, 5.74) is 3.25. The smallest absolute Gasteiger partial charge is 0.338 e. The molecule has 152 valence electrons. The maximum absolute atomic E-state index is 12.6. The van der Waals surface area contributed by atoms with E-state index >= 15 is 0 Å². The van der Waals surface area contributed by atoms with Gasteiger partial charge in [0.25, 0.3) is 5.91 Å². The third-order valence-corrected chi connectivity index (χ3v) is 5.54. The highest BCUT2D eigenvalue weighted by atomic mass is 35.5. The van der Waals surface area contributed by atoms with Crippen molar-refractivity contribution >= 4 is 51.0 Å². The average Bonchev–Trinajstić information content (AvgIpc) is 3.40. The van der Waals surface area contributed by atoms with Gasteiger partial charge < -0.3 is 9.72 Å². The van der Waals surface area contributed by atoms with Crippen molar-refractivity contribution in [3.63, 3.8) is 0 Å². The topological polar surface area (TPSA) is 97.0 Å². The molecule has 1 atom stereocenters. The molecule has 2 heterocycles. The number of aromatic amines is 1. The second kappa shape index (κ2) is 8.64. The fourth-order valence-electron chi connectivity index (χ4n) is 2.89. The number of nitrogens with one attached hydrogen (secondary N) is 2. The van der Waals surface area contributed by atoms with E-state index < -0.39 is 18.0 Å². The van der Waals surface area contributed by atoms with Crippen LogP contribution in [0.1, 0.15) is 23.7 Å². The Morgan fingerprint density at radius 3 is 2.90 bits per heavy atom. The number of imidazole rings is 1. The highest BCUT2D eigenvalue weighted by Crippen LogP contribution is 2.30. The Kier molecular flexibility index (Phi) is 5.78. The van der Waals surface area contributed by atoms with Gasteiger partial charge in [-0.05, 0) is 30.7 Å². The van der Waals surface area contributed by atoms with Gasteiger partial charge in [0.15, 0.2) is 11.2 Å². The van der Waals surface area contributed by atoms with Gasteiger partial charge in [0, 0.05) is 16.0 Å². The Balaban J connectivity index is 1.44. The first-order valence-electron chi connectivity index (χ1n) is 9.20. The van der Waals surface area contributed by atoms with Crippen molar-refractivity contribution < 1.29 is 14.3 Å². The molecular weight excluding hydrogens is 424 g/mol. The fourth-order valence-corrected chi connectivity index (χ4v) is 3.84. The van der Waals surface area contributed by atoms with Crippen molar-refractivity contribution in [3.05, 3.63) is 64.8 Å². The minimum atomic E-state index is -0.942. The SMILES string of the molecule is CCC(OC(=O)c1ccc2nc[nH]c2c1)C(=O)Nc1nc(-c2ccccc2Cl)cs1. The Morgan fingerprint density at radius 1 is 1.27 bits per heavy atom. The molecule has 0 aliphatic heterocycles. The van der Waals surface area contributed by atoms with Crippen molar-refractivity contribution in [2.75, 3.05) is 5.32 Å². The minimum Gasteiger partial charge on any atom is -0.449 e. The van der Waals surface area contributed by atoms with Crippen molar-refractivity contribution in [3.8, 4) is 11.3 Å². The predicted molar refractivity (Wildman–Crippen MR) is 117 cm³/mol. The summed E-state index contributed by atoms with van der Waals surface area (Å²) in [6.07, 6.45) is 0.933. The molecule has 0 spiro atoms. The van der Waals surface area contributed by atoms with E-state index in [1.54, 1.807) is 37.5 Å². The second-order valence-electron chi connectivity index (χ2n) is 6.44. The van der Waals surface area contributed by atoms with Gasteiger partial charge in [-0.3, -0.25) is 10.1 Å². The number of ether oxygens (including phenoxy) is 1. The van der Waals surface area contributed by atoms with Gasteiger partial charge in [-0.25, -0.2) is 14.8 Å². The van der Waals surface area contributed by atoms with E-state index in [2.05, 4.69) is 20.3 Å². The number of rotatable bonds is 6. The third kappa shape index (κ3) is 4.19. The Labute approximate surface area is 181 Å². The number of esters is 1. The van der Waals surface area contributed by atoms with Crippen LogP contribution in [0.5, 0.6) is 0 Å². The van der Waals surface area contributed by atoms with E-state index in [0.717, 1.165) is 16.6 Å². The molecule has 1 unspecified atom stereocenters. The van der Waals surface area contributed by atoms with Crippen LogP contribution in [0.4, 0.5) is 5.13 Å². The van der Waals surface area contributed by atoms with Crippen LogP contribution in [0, 0.1) is 0 Å². The van der Waals surface area contributed by atoms with E-state index in [0.29, 0.717) is 27.8 Å². The van der Waals surface area contributed by atoms with Crippen LogP contribution in [0.2, 0.25) is 5.02 Å². The zero-order chi connectivity index (χ0) is 21.1. The van der Waals surface area contributed by atoms with Crippen LogP contribution in [-0.2, 0) is 9.53 Å². The van der Waals surface area contributed by atoms with Crippen molar-refractivity contribution in [2.24, 2.45) is 0 Å². The van der Waals surface area contributed by atoms with Crippen LogP contribution < -0.4 is 5.32 Å². The Hall–Kier alpha value is -3.23. The maximum atomic E-state index is 12.6. The number of nitrogens with zero attached hydrogens (tertiary/aromatic N) is 2. The van der Waals surface area contributed by atoms with E-state index in [1.807, 2.05) is 23.6 Å². The maximum Gasteiger partial charge on any atom is 0.338 e. The number of hydrogen-bond acceptors (Lipinski definition) is 6. The summed E-state index contributed by atoms with van der Waals surface area (Å²) in [5.74, 6) is -1.02. The molecule has 0 saturated heterocycles. The quantitative estimate of drug-likeness (QED) is 0.415. The Bertz CT molecular complexity index is 1220. The molecule has 0 bridgehead atoms. The molecule has 9 heteroatoms. The number of thiazole rings is 1. The highest BCUT2D eigenvalue weighted by Gasteiger charge is 2.23. The zero-order valence-electron chi connectivity index (χ0n) is 15.9. The zero-order valence-corrected chi connectivity index (χ0v) is 17.5. The summed E-state index contributed by atoms with van der Waals surface area (Å²) >= 11 is 7.48. The van der Waals surface area contributed by atoms with Crippen molar-refractivity contribution in [1.29, 1.82) is 0 Å². The number of carbonyl (C=O) groups excluding carboxylic acids is 2. The first kappa shape index (κ1) is 20.1. The number of anilines is 1. The highest BCUT2D eigenvalue weighted by molar-refractivity contribution is 7.14. The molecule has 4 aromatic rings. The second-order valence-corrected chi connectivity index (χ2v) is 7.71.